The molecule has 0 aliphatic rings. The monoisotopic (exact) mass is 460 g/mol. The first-order valence-electron chi connectivity index (χ1n) is 9.43. The molecule has 12 heteroatoms. The molecule has 174 valence electrons. The molecular formula is C21H23F3N8O. The van der Waals surface area contributed by atoms with E-state index in [9.17, 15) is 18.0 Å². The molecule has 0 saturated carbocycles. The van der Waals surface area contributed by atoms with Crippen molar-refractivity contribution >= 4 is 35.0 Å². The van der Waals surface area contributed by atoms with E-state index in [4.69, 9.17) is 22.6 Å². The number of hydrogen-bond donors (Lipinski definition) is 5. The number of nitrogen functional groups attached to an aromatic ring is 1. The van der Waals surface area contributed by atoms with Crippen LogP contribution in [0.25, 0.3) is 5.70 Å². The van der Waals surface area contributed by atoms with E-state index in [0.29, 0.717) is 11.1 Å². The molecule has 2 aromatic rings. The number of primary amides is 1. The average molecular weight is 460 g/mol. The highest BCUT2D eigenvalue weighted by molar-refractivity contribution is 6.07. The van der Waals surface area contributed by atoms with Gasteiger partial charge in [-0.25, -0.2) is 15.0 Å². The summed E-state index contributed by atoms with van der Waals surface area (Å²) in [5.41, 5.74) is 18.7. The van der Waals surface area contributed by atoms with Gasteiger partial charge in [0.1, 0.15) is 12.2 Å². The molecule has 8 N–H and O–H groups in total. The Morgan fingerprint density at radius 3 is 2.48 bits per heavy atom. The number of aromatic nitrogens is 2. The van der Waals surface area contributed by atoms with Crippen LogP contribution in [-0.2, 0) is 4.79 Å². The van der Waals surface area contributed by atoms with Gasteiger partial charge in [0, 0.05) is 35.4 Å². The van der Waals surface area contributed by atoms with Crippen molar-refractivity contribution in [3.8, 4) is 0 Å². The molecule has 0 bridgehead atoms. The second kappa shape index (κ2) is 9.94. The molecular weight excluding hydrogens is 437 g/mol. The molecule has 0 aliphatic carbocycles. The van der Waals surface area contributed by atoms with E-state index in [1.165, 1.54) is 19.3 Å². The summed E-state index contributed by atoms with van der Waals surface area (Å²) in [6.07, 6.45) is -0.963. The minimum absolute atomic E-state index is 0.00650. The molecule has 9 nitrogen and oxygen atoms in total. The fraction of sp³-hybridized carbons (Fsp3) is 0.190. The van der Waals surface area contributed by atoms with Gasteiger partial charge >= 0.3 is 6.18 Å². The number of amides is 1. The van der Waals surface area contributed by atoms with E-state index >= 15 is 0 Å². The lowest BCUT2D eigenvalue weighted by Crippen LogP contribution is -2.23. The highest BCUT2D eigenvalue weighted by atomic mass is 19.4. The first-order chi connectivity index (χ1) is 15.4. The third kappa shape index (κ3) is 5.93. The average Bonchev–Trinajstić information content (AvgIpc) is 2.76. The Morgan fingerprint density at radius 2 is 1.91 bits per heavy atom. The van der Waals surface area contributed by atoms with Crippen LogP contribution in [-0.4, -0.2) is 40.5 Å². The van der Waals surface area contributed by atoms with Gasteiger partial charge in [-0.05, 0) is 25.5 Å². The summed E-state index contributed by atoms with van der Waals surface area (Å²) < 4.78 is 38.1. The summed E-state index contributed by atoms with van der Waals surface area (Å²) in [7, 11) is 0. The molecule has 0 radical (unpaired) electrons. The van der Waals surface area contributed by atoms with Gasteiger partial charge in [-0.1, -0.05) is 12.6 Å². The summed E-state index contributed by atoms with van der Waals surface area (Å²) in [5, 5.41) is 9.96. The number of nitrogens with two attached hydrogens (primary N) is 3. The zero-order chi connectivity index (χ0) is 24.9. The van der Waals surface area contributed by atoms with Crippen LogP contribution in [0.3, 0.4) is 0 Å². The number of rotatable bonds is 8. The van der Waals surface area contributed by atoms with Gasteiger partial charge in [0.25, 0.3) is 0 Å². The van der Waals surface area contributed by atoms with Crippen molar-refractivity contribution in [3.05, 3.63) is 64.8 Å². The lowest BCUT2D eigenvalue weighted by atomic mass is 9.95. The van der Waals surface area contributed by atoms with Crippen LogP contribution in [0.4, 0.5) is 24.7 Å². The highest BCUT2D eigenvalue weighted by Crippen LogP contribution is 2.31. The molecule has 0 spiro atoms. The predicted molar refractivity (Wildman–Crippen MR) is 122 cm³/mol. The van der Waals surface area contributed by atoms with E-state index in [1.807, 2.05) is 0 Å². The maximum atomic E-state index is 12.7. The second-order valence-corrected chi connectivity index (χ2v) is 6.93. The third-order valence-electron chi connectivity index (χ3n) is 4.52. The molecule has 33 heavy (non-hydrogen) atoms. The molecule has 0 unspecified atom stereocenters. The Morgan fingerprint density at radius 1 is 1.27 bits per heavy atom. The van der Waals surface area contributed by atoms with E-state index in [2.05, 4.69) is 26.9 Å². The minimum Gasteiger partial charge on any atom is -0.398 e. The first-order valence-corrected chi connectivity index (χ1v) is 9.43. The molecule has 1 aromatic carbocycles. The molecule has 0 aliphatic heterocycles. The normalized spacial score (nSPS) is 12.7. The number of nitrogens with one attached hydrogen (secondary N) is 2. The van der Waals surface area contributed by atoms with E-state index < -0.39 is 18.6 Å². The van der Waals surface area contributed by atoms with Crippen molar-refractivity contribution in [2.45, 2.75) is 20.0 Å². The Labute approximate surface area is 187 Å². The summed E-state index contributed by atoms with van der Waals surface area (Å²) in [5.74, 6) is -1.05. The highest BCUT2D eigenvalue weighted by Gasteiger charge is 2.28. The number of hydrogen-bond acceptors (Lipinski definition) is 8. The van der Waals surface area contributed by atoms with Crippen LogP contribution in [0, 0.1) is 12.3 Å². The van der Waals surface area contributed by atoms with Crippen molar-refractivity contribution < 1.29 is 18.0 Å². The first kappa shape index (κ1) is 25.0. The summed E-state index contributed by atoms with van der Waals surface area (Å²) >= 11 is 0. The van der Waals surface area contributed by atoms with Gasteiger partial charge in [0.2, 0.25) is 5.91 Å². The molecule has 1 aromatic heterocycles. The maximum absolute atomic E-state index is 12.7. The fourth-order valence-electron chi connectivity index (χ4n) is 2.88. The summed E-state index contributed by atoms with van der Waals surface area (Å²) in [6, 6.07) is 3.26. The number of carbonyl (C=O) groups is 1. The van der Waals surface area contributed by atoms with Gasteiger partial charge in [-0.3, -0.25) is 4.79 Å². The van der Waals surface area contributed by atoms with Crippen molar-refractivity contribution in [3.63, 3.8) is 0 Å². The van der Waals surface area contributed by atoms with E-state index in [0.717, 1.165) is 6.21 Å². The van der Waals surface area contributed by atoms with Crippen molar-refractivity contribution in [1.82, 2.24) is 9.97 Å². The number of benzene rings is 1. The molecule has 0 fully saturated rings. The van der Waals surface area contributed by atoms with Crippen LogP contribution in [0.1, 0.15) is 29.3 Å². The SMILES string of the molecule is C=C(C(N)=O)/C(N)=C(\N=C(C)c1nccnc1NCC(F)(F)F)c1c(C)ccc(N)c1C=N. The molecule has 1 heterocycles. The van der Waals surface area contributed by atoms with Gasteiger partial charge in [0.05, 0.1) is 22.7 Å². The standard InChI is InChI=1S/C21H23F3N8O/c1-10-4-5-14(26)13(8-25)15(10)18(16(27)11(2)19(28)33)32-12(3)17-20(30-7-6-29-17)31-9-21(22,23)24/h4-8,25H,2,9,26-27H2,1,3H3,(H2,28,33)(H,30,31)/b18-16+,25-8?,32-12?. The third-order valence-corrected chi connectivity index (χ3v) is 4.52. The Balaban J connectivity index is 2.77. The number of anilines is 2. The van der Waals surface area contributed by atoms with Gasteiger partial charge in [-0.2, -0.15) is 13.2 Å². The number of halogens is 3. The van der Waals surface area contributed by atoms with Crippen molar-refractivity contribution in [1.29, 1.82) is 5.41 Å². The van der Waals surface area contributed by atoms with Crippen LogP contribution in [0.15, 0.2) is 47.4 Å². The van der Waals surface area contributed by atoms with Crippen LogP contribution in [0.5, 0.6) is 0 Å². The number of carbonyl (C=O) groups excluding carboxylic acids is 1. The van der Waals surface area contributed by atoms with Crippen molar-refractivity contribution in [2.24, 2.45) is 16.5 Å². The van der Waals surface area contributed by atoms with Gasteiger partial charge < -0.3 is 27.9 Å². The van der Waals surface area contributed by atoms with Gasteiger partial charge in [-0.15, -0.1) is 0 Å². The summed E-state index contributed by atoms with van der Waals surface area (Å²) in [4.78, 5) is 24.2. The lowest BCUT2D eigenvalue weighted by Gasteiger charge is -2.17. The number of aliphatic imine (C=N–C) groups is 1. The topological polar surface area (TPSA) is 169 Å². The van der Waals surface area contributed by atoms with E-state index in [-0.39, 0.29) is 45.4 Å². The Bertz CT molecular complexity index is 1170. The molecule has 1 amide bonds. The second-order valence-electron chi connectivity index (χ2n) is 6.93. The summed E-state index contributed by atoms with van der Waals surface area (Å²) in [6.45, 7) is 5.44. The zero-order valence-electron chi connectivity index (χ0n) is 17.9. The van der Waals surface area contributed by atoms with Crippen LogP contribution in [0.2, 0.25) is 0 Å². The molecule has 0 saturated heterocycles. The largest absolute Gasteiger partial charge is 0.405 e. The van der Waals surface area contributed by atoms with E-state index in [1.54, 1.807) is 19.1 Å². The Kier molecular flexibility index (Phi) is 7.54. The number of aryl methyl sites for hydroxylation is 1. The Hall–Kier alpha value is -4.22. The van der Waals surface area contributed by atoms with Crippen LogP contribution < -0.4 is 22.5 Å². The minimum atomic E-state index is -4.48. The van der Waals surface area contributed by atoms with Crippen LogP contribution >= 0.6 is 0 Å². The smallest absolute Gasteiger partial charge is 0.398 e. The maximum Gasteiger partial charge on any atom is 0.405 e. The number of alkyl halides is 3. The predicted octanol–water partition coefficient (Wildman–Crippen LogP) is 2.52. The zero-order valence-corrected chi connectivity index (χ0v) is 17.9. The lowest BCUT2D eigenvalue weighted by molar-refractivity contribution is -0.115. The fourth-order valence-corrected chi connectivity index (χ4v) is 2.88. The van der Waals surface area contributed by atoms with Gasteiger partial charge in [0.15, 0.2) is 5.82 Å². The molecule has 2 rings (SSSR count). The quantitative estimate of drug-likeness (QED) is 0.175. The molecule has 0 atom stereocenters. The van der Waals surface area contributed by atoms with Crippen molar-refractivity contribution in [2.75, 3.05) is 17.6 Å². The number of nitrogens with zero attached hydrogens (tertiary/aromatic N) is 3.